The molecule has 0 amide bonds. The van der Waals surface area contributed by atoms with E-state index in [1.165, 1.54) is 27.0 Å². The summed E-state index contributed by atoms with van der Waals surface area (Å²) in [5.74, 6) is 0. The second kappa shape index (κ2) is 4.31. The van der Waals surface area contributed by atoms with Gasteiger partial charge in [-0.25, -0.2) is 4.98 Å². The molecule has 0 N–H and O–H groups in total. The lowest BCUT2D eigenvalue weighted by molar-refractivity contribution is 0.845. The van der Waals surface area contributed by atoms with Gasteiger partial charge in [-0.3, -0.25) is 4.79 Å². The van der Waals surface area contributed by atoms with Gasteiger partial charge in [-0.15, -0.1) is 11.3 Å². The fraction of sp³-hybridized carbons (Fsp3) is 0.200. The summed E-state index contributed by atoms with van der Waals surface area (Å²) in [6.45, 7) is 4.18. The van der Waals surface area contributed by atoms with Crippen LogP contribution in [-0.4, -0.2) is 9.55 Å². The standard InChI is InChI=1S/C15H14N2OS/c1-9-4-5-11(6-10(9)2)12-7-19-14-13(12)15(18)17(3)8-16-14/h4-8H,1-3H3. The summed E-state index contributed by atoms with van der Waals surface area (Å²) in [4.78, 5) is 17.4. The number of nitrogens with zero attached hydrogens (tertiary/aromatic N) is 2. The summed E-state index contributed by atoms with van der Waals surface area (Å²) in [5.41, 5.74) is 4.57. The number of fused-ring (bicyclic) bond motifs is 1. The van der Waals surface area contributed by atoms with Gasteiger partial charge >= 0.3 is 0 Å². The molecule has 0 aliphatic carbocycles. The van der Waals surface area contributed by atoms with Crippen molar-refractivity contribution in [3.63, 3.8) is 0 Å². The van der Waals surface area contributed by atoms with Crippen LogP contribution < -0.4 is 5.56 Å². The SMILES string of the molecule is Cc1ccc(-c2csc3ncn(C)c(=O)c23)cc1C. The van der Waals surface area contributed by atoms with E-state index in [1.807, 2.05) is 5.38 Å². The Hall–Kier alpha value is -1.94. The molecule has 4 heteroatoms. The van der Waals surface area contributed by atoms with Crippen LogP contribution in [0.5, 0.6) is 0 Å². The highest BCUT2D eigenvalue weighted by Crippen LogP contribution is 2.31. The van der Waals surface area contributed by atoms with E-state index in [2.05, 4.69) is 37.0 Å². The quantitative estimate of drug-likeness (QED) is 0.680. The van der Waals surface area contributed by atoms with Crippen LogP contribution in [0.15, 0.2) is 34.7 Å². The van der Waals surface area contributed by atoms with E-state index in [9.17, 15) is 4.79 Å². The molecule has 1 aromatic carbocycles. The first kappa shape index (κ1) is 12.1. The van der Waals surface area contributed by atoms with Crippen molar-refractivity contribution in [1.82, 2.24) is 9.55 Å². The number of aromatic nitrogens is 2. The predicted octanol–water partition coefficient (Wildman–Crippen LogP) is 3.28. The summed E-state index contributed by atoms with van der Waals surface area (Å²) in [7, 11) is 1.73. The first-order valence-corrected chi connectivity index (χ1v) is 6.96. The van der Waals surface area contributed by atoms with Gasteiger partial charge in [0.05, 0.1) is 11.7 Å². The molecule has 0 fully saturated rings. The van der Waals surface area contributed by atoms with E-state index >= 15 is 0 Å². The third-order valence-electron chi connectivity index (χ3n) is 3.47. The van der Waals surface area contributed by atoms with Crippen LogP contribution >= 0.6 is 11.3 Å². The maximum absolute atomic E-state index is 12.3. The topological polar surface area (TPSA) is 34.9 Å². The van der Waals surface area contributed by atoms with Crippen LogP contribution in [0, 0.1) is 13.8 Å². The number of benzene rings is 1. The average Bonchev–Trinajstić information content (AvgIpc) is 2.82. The van der Waals surface area contributed by atoms with E-state index in [1.54, 1.807) is 13.4 Å². The van der Waals surface area contributed by atoms with Crippen LogP contribution in [-0.2, 0) is 7.05 Å². The van der Waals surface area contributed by atoms with E-state index in [0.717, 1.165) is 21.3 Å². The summed E-state index contributed by atoms with van der Waals surface area (Å²) >= 11 is 1.52. The molecule has 0 saturated heterocycles. The molecule has 3 aromatic rings. The average molecular weight is 270 g/mol. The third-order valence-corrected chi connectivity index (χ3v) is 4.36. The van der Waals surface area contributed by atoms with E-state index in [0.29, 0.717) is 0 Å². The van der Waals surface area contributed by atoms with Gasteiger partial charge in [-0.2, -0.15) is 0 Å². The summed E-state index contributed by atoms with van der Waals surface area (Å²) in [5, 5.41) is 2.74. The van der Waals surface area contributed by atoms with Gasteiger partial charge in [-0.1, -0.05) is 18.2 Å². The fourth-order valence-electron chi connectivity index (χ4n) is 2.14. The minimum absolute atomic E-state index is 0.0134. The third kappa shape index (κ3) is 1.88. The van der Waals surface area contributed by atoms with Crippen molar-refractivity contribution < 1.29 is 0 Å². The summed E-state index contributed by atoms with van der Waals surface area (Å²) in [6.07, 6.45) is 1.57. The fourth-order valence-corrected chi connectivity index (χ4v) is 3.05. The second-order valence-electron chi connectivity index (χ2n) is 4.79. The molecule has 0 saturated carbocycles. The van der Waals surface area contributed by atoms with Crippen LogP contribution in [0.2, 0.25) is 0 Å². The highest BCUT2D eigenvalue weighted by molar-refractivity contribution is 7.17. The Morgan fingerprint density at radius 2 is 2.00 bits per heavy atom. The van der Waals surface area contributed by atoms with Gasteiger partial charge in [0.25, 0.3) is 5.56 Å². The van der Waals surface area contributed by atoms with E-state index in [-0.39, 0.29) is 5.56 Å². The van der Waals surface area contributed by atoms with Crippen molar-refractivity contribution >= 4 is 21.6 Å². The summed E-state index contributed by atoms with van der Waals surface area (Å²) < 4.78 is 1.53. The zero-order valence-electron chi connectivity index (χ0n) is 11.1. The Morgan fingerprint density at radius 3 is 2.74 bits per heavy atom. The lowest BCUT2D eigenvalue weighted by Gasteiger charge is -2.04. The first-order chi connectivity index (χ1) is 9.08. The van der Waals surface area contributed by atoms with Crippen molar-refractivity contribution in [2.24, 2.45) is 7.05 Å². The molecule has 3 nitrogen and oxygen atoms in total. The van der Waals surface area contributed by atoms with E-state index in [4.69, 9.17) is 0 Å². The molecule has 96 valence electrons. The molecule has 0 bridgehead atoms. The zero-order chi connectivity index (χ0) is 13.6. The molecule has 0 atom stereocenters. The highest BCUT2D eigenvalue weighted by Gasteiger charge is 2.12. The number of aryl methyl sites for hydroxylation is 3. The molecular formula is C15H14N2OS. The van der Waals surface area contributed by atoms with Crippen molar-refractivity contribution in [3.05, 3.63) is 51.4 Å². The van der Waals surface area contributed by atoms with Gasteiger partial charge in [0, 0.05) is 18.0 Å². The Bertz CT molecular complexity index is 830. The first-order valence-electron chi connectivity index (χ1n) is 6.08. The molecule has 3 rings (SSSR count). The van der Waals surface area contributed by atoms with Gasteiger partial charge in [0.1, 0.15) is 4.83 Å². The Kier molecular flexibility index (Phi) is 2.75. The normalized spacial score (nSPS) is 11.1. The minimum atomic E-state index is 0.0134. The van der Waals surface area contributed by atoms with Gasteiger partial charge in [0.2, 0.25) is 0 Å². The van der Waals surface area contributed by atoms with Crippen molar-refractivity contribution in [2.45, 2.75) is 13.8 Å². The maximum Gasteiger partial charge on any atom is 0.262 e. The Labute approximate surface area is 115 Å². The van der Waals surface area contributed by atoms with Crippen molar-refractivity contribution in [3.8, 4) is 11.1 Å². The molecule has 19 heavy (non-hydrogen) atoms. The second-order valence-corrected chi connectivity index (χ2v) is 5.65. The summed E-state index contributed by atoms with van der Waals surface area (Å²) in [6, 6.07) is 6.29. The Balaban J connectivity index is 2.34. The van der Waals surface area contributed by atoms with Gasteiger partial charge in [-0.05, 0) is 30.5 Å². The lowest BCUT2D eigenvalue weighted by Crippen LogP contribution is -2.16. The predicted molar refractivity (Wildman–Crippen MR) is 79.8 cm³/mol. The largest absolute Gasteiger partial charge is 0.302 e. The van der Waals surface area contributed by atoms with Crippen LogP contribution in [0.3, 0.4) is 0 Å². The lowest BCUT2D eigenvalue weighted by atomic mass is 10.0. The molecule has 2 heterocycles. The minimum Gasteiger partial charge on any atom is -0.302 e. The maximum atomic E-state index is 12.3. The monoisotopic (exact) mass is 270 g/mol. The number of hydrogen-bond acceptors (Lipinski definition) is 3. The smallest absolute Gasteiger partial charge is 0.262 e. The molecule has 2 aromatic heterocycles. The molecule has 0 radical (unpaired) electrons. The molecule has 0 unspecified atom stereocenters. The van der Waals surface area contributed by atoms with Crippen LogP contribution in [0.1, 0.15) is 11.1 Å². The highest BCUT2D eigenvalue weighted by atomic mass is 32.1. The molecular weight excluding hydrogens is 256 g/mol. The molecule has 0 spiro atoms. The van der Waals surface area contributed by atoms with Crippen molar-refractivity contribution in [1.29, 1.82) is 0 Å². The Morgan fingerprint density at radius 1 is 1.21 bits per heavy atom. The number of rotatable bonds is 1. The van der Waals surface area contributed by atoms with Gasteiger partial charge in [0.15, 0.2) is 0 Å². The molecule has 0 aliphatic rings. The van der Waals surface area contributed by atoms with Crippen LogP contribution in [0.25, 0.3) is 21.3 Å². The molecule has 0 aliphatic heterocycles. The van der Waals surface area contributed by atoms with Gasteiger partial charge < -0.3 is 4.57 Å². The zero-order valence-corrected chi connectivity index (χ0v) is 11.9. The van der Waals surface area contributed by atoms with E-state index < -0.39 is 0 Å². The van der Waals surface area contributed by atoms with Crippen molar-refractivity contribution in [2.75, 3.05) is 0 Å². The van der Waals surface area contributed by atoms with Crippen LogP contribution in [0.4, 0.5) is 0 Å². The number of hydrogen-bond donors (Lipinski definition) is 0. The number of thiophene rings is 1.